The minimum atomic E-state index is -3.10. The van der Waals surface area contributed by atoms with E-state index in [1.807, 2.05) is 6.92 Å². The zero-order chi connectivity index (χ0) is 14.5. The number of rotatable bonds is 5. The molecule has 0 amide bonds. The number of aliphatic imine (C=N–C) groups is 1. The van der Waals surface area contributed by atoms with Gasteiger partial charge in [-0.2, -0.15) is 0 Å². The lowest BCUT2D eigenvalue weighted by molar-refractivity contribution is 0.553. The first-order valence-electron chi connectivity index (χ1n) is 7.00. The monoisotopic (exact) mass is 289 g/mol. The highest BCUT2D eigenvalue weighted by Crippen LogP contribution is 2.18. The molecule has 0 unspecified atom stereocenters. The summed E-state index contributed by atoms with van der Waals surface area (Å²) in [5.41, 5.74) is 0. The van der Waals surface area contributed by atoms with Gasteiger partial charge in [-0.3, -0.25) is 4.99 Å². The zero-order valence-corrected chi connectivity index (χ0v) is 13.3. The molecule has 1 fully saturated rings. The number of nitrogens with zero attached hydrogens (tertiary/aromatic N) is 1. The van der Waals surface area contributed by atoms with Gasteiger partial charge in [-0.1, -0.05) is 12.8 Å². The third-order valence-electron chi connectivity index (χ3n) is 3.66. The normalized spacial score (nSPS) is 18.6. The Bertz CT molecular complexity index is 410. The van der Waals surface area contributed by atoms with Crippen LogP contribution in [0.3, 0.4) is 0 Å². The lowest BCUT2D eigenvalue weighted by atomic mass is 10.2. The molecular weight excluding hydrogens is 262 g/mol. The van der Waals surface area contributed by atoms with E-state index in [1.165, 1.54) is 31.9 Å². The van der Waals surface area contributed by atoms with Crippen LogP contribution in [0.4, 0.5) is 0 Å². The second-order valence-corrected chi connectivity index (χ2v) is 8.50. The lowest BCUT2D eigenvalue weighted by Crippen LogP contribution is -2.44. The summed E-state index contributed by atoms with van der Waals surface area (Å²) in [6.07, 6.45) is 6.11. The van der Waals surface area contributed by atoms with E-state index >= 15 is 0 Å². The molecule has 1 aliphatic carbocycles. The molecule has 2 N–H and O–H groups in total. The molecule has 0 aromatic rings. The molecule has 5 nitrogen and oxygen atoms in total. The van der Waals surface area contributed by atoms with Crippen molar-refractivity contribution in [2.45, 2.75) is 57.2 Å². The molecule has 0 spiro atoms. The second kappa shape index (κ2) is 6.59. The lowest BCUT2D eigenvalue weighted by Gasteiger charge is -2.22. The van der Waals surface area contributed by atoms with Gasteiger partial charge >= 0.3 is 0 Å². The molecule has 1 aliphatic rings. The Kier molecular flexibility index (Phi) is 5.64. The van der Waals surface area contributed by atoms with Crippen LogP contribution in [0.1, 0.15) is 46.5 Å². The highest BCUT2D eigenvalue weighted by Gasteiger charge is 2.30. The Morgan fingerprint density at radius 1 is 1.32 bits per heavy atom. The summed E-state index contributed by atoms with van der Waals surface area (Å²) in [5.74, 6) is 0.728. The van der Waals surface area contributed by atoms with E-state index in [1.54, 1.807) is 13.8 Å². The minimum absolute atomic E-state index is 0.272. The van der Waals surface area contributed by atoms with Crippen LogP contribution in [0.2, 0.25) is 0 Å². The van der Waals surface area contributed by atoms with Crippen molar-refractivity contribution >= 4 is 15.8 Å². The van der Waals surface area contributed by atoms with Gasteiger partial charge in [0, 0.05) is 18.8 Å². The Morgan fingerprint density at radius 2 is 1.89 bits per heavy atom. The van der Waals surface area contributed by atoms with E-state index in [-0.39, 0.29) is 6.54 Å². The summed E-state index contributed by atoms with van der Waals surface area (Å²) in [6.45, 7) is 6.48. The third kappa shape index (κ3) is 5.01. The molecule has 0 atom stereocenters. The van der Waals surface area contributed by atoms with Crippen molar-refractivity contribution in [3.63, 3.8) is 0 Å². The van der Waals surface area contributed by atoms with E-state index < -0.39 is 14.6 Å². The molecule has 0 bridgehead atoms. The van der Waals surface area contributed by atoms with Gasteiger partial charge in [0.1, 0.15) is 0 Å². The van der Waals surface area contributed by atoms with Crippen molar-refractivity contribution in [1.82, 2.24) is 10.6 Å². The number of sulfone groups is 1. The van der Waals surface area contributed by atoms with Gasteiger partial charge in [0.05, 0.1) is 11.3 Å². The first-order chi connectivity index (χ1) is 8.76. The van der Waals surface area contributed by atoms with Crippen LogP contribution >= 0.6 is 0 Å². The number of guanidine groups is 1. The molecule has 6 heteroatoms. The molecule has 0 aromatic carbocycles. The molecule has 19 heavy (non-hydrogen) atoms. The Morgan fingerprint density at radius 3 is 2.37 bits per heavy atom. The first kappa shape index (κ1) is 16.3. The largest absolute Gasteiger partial charge is 0.357 e. The Labute approximate surface area is 117 Å². The summed E-state index contributed by atoms with van der Waals surface area (Å²) in [7, 11) is -3.10. The van der Waals surface area contributed by atoms with Crippen LogP contribution in [0.15, 0.2) is 4.99 Å². The maximum absolute atomic E-state index is 11.7. The number of hydrogen-bond donors (Lipinski definition) is 2. The molecule has 1 saturated carbocycles. The molecule has 0 heterocycles. The fraction of sp³-hybridized carbons (Fsp3) is 0.923. The van der Waals surface area contributed by atoms with Crippen molar-refractivity contribution in [3.05, 3.63) is 0 Å². The van der Waals surface area contributed by atoms with Crippen LogP contribution in [0.5, 0.6) is 0 Å². The maximum Gasteiger partial charge on any atom is 0.191 e. The van der Waals surface area contributed by atoms with E-state index in [9.17, 15) is 8.42 Å². The molecule has 1 rings (SSSR count). The molecule has 0 saturated heterocycles. The van der Waals surface area contributed by atoms with Crippen LogP contribution in [-0.4, -0.2) is 44.5 Å². The smallest absolute Gasteiger partial charge is 0.191 e. The van der Waals surface area contributed by atoms with Crippen LogP contribution in [0, 0.1) is 0 Å². The summed E-state index contributed by atoms with van der Waals surface area (Å²) < 4.78 is 22.5. The average molecular weight is 289 g/mol. The van der Waals surface area contributed by atoms with Gasteiger partial charge in [0.25, 0.3) is 0 Å². The number of nitrogens with one attached hydrogen (secondary N) is 2. The highest BCUT2D eigenvalue weighted by molar-refractivity contribution is 7.92. The molecule has 0 radical (unpaired) electrons. The van der Waals surface area contributed by atoms with Crippen LogP contribution in [0.25, 0.3) is 0 Å². The predicted octanol–water partition coefficient (Wildman–Crippen LogP) is 1.31. The summed E-state index contributed by atoms with van der Waals surface area (Å²) in [4.78, 5) is 4.43. The highest BCUT2D eigenvalue weighted by atomic mass is 32.2. The van der Waals surface area contributed by atoms with Gasteiger partial charge in [-0.05, 0) is 33.6 Å². The summed E-state index contributed by atoms with van der Waals surface area (Å²) in [6, 6.07) is 0.471. The van der Waals surface area contributed by atoms with Gasteiger partial charge in [-0.15, -0.1) is 0 Å². The molecule has 112 valence electrons. The quantitative estimate of drug-likeness (QED) is 0.591. The predicted molar refractivity (Wildman–Crippen MR) is 80.3 cm³/mol. The Balaban J connectivity index is 2.67. The van der Waals surface area contributed by atoms with E-state index in [2.05, 4.69) is 15.6 Å². The third-order valence-corrected chi connectivity index (χ3v) is 5.80. The van der Waals surface area contributed by atoms with E-state index in [4.69, 9.17) is 0 Å². The molecule has 0 aromatic heterocycles. The van der Waals surface area contributed by atoms with Crippen molar-refractivity contribution in [3.8, 4) is 0 Å². The van der Waals surface area contributed by atoms with Gasteiger partial charge in [0.15, 0.2) is 15.8 Å². The van der Waals surface area contributed by atoms with Crippen molar-refractivity contribution < 1.29 is 8.42 Å². The summed E-state index contributed by atoms with van der Waals surface area (Å²) in [5, 5.41) is 6.56. The standard InChI is InChI=1S/C13H27N3O2S/c1-5-14-12(16-11-8-6-7-9-11)15-10-13(2,3)19(4,17)18/h11H,5-10H2,1-4H3,(H2,14,15,16). The fourth-order valence-electron chi connectivity index (χ4n) is 1.97. The van der Waals surface area contributed by atoms with Crippen molar-refractivity contribution in [2.75, 3.05) is 19.3 Å². The van der Waals surface area contributed by atoms with E-state index in [0.29, 0.717) is 6.04 Å². The van der Waals surface area contributed by atoms with Gasteiger partial charge in [-0.25, -0.2) is 8.42 Å². The van der Waals surface area contributed by atoms with Gasteiger partial charge in [0.2, 0.25) is 0 Å². The molecule has 0 aliphatic heterocycles. The maximum atomic E-state index is 11.7. The van der Waals surface area contributed by atoms with E-state index in [0.717, 1.165) is 12.5 Å². The zero-order valence-electron chi connectivity index (χ0n) is 12.5. The average Bonchev–Trinajstić information content (AvgIpc) is 2.77. The fourth-order valence-corrected chi connectivity index (χ4v) is 2.27. The number of hydrogen-bond acceptors (Lipinski definition) is 3. The minimum Gasteiger partial charge on any atom is -0.357 e. The summed E-state index contributed by atoms with van der Waals surface area (Å²) >= 11 is 0. The van der Waals surface area contributed by atoms with Crippen LogP contribution < -0.4 is 10.6 Å². The van der Waals surface area contributed by atoms with Crippen molar-refractivity contribution in [2.24, 2.45) is 4.99 Å². The van der Waals surface area contributed by atoms with Gasteiger partial charge < -0.3 is 10.6 Å². The van der Waals surface area contributed by atoms with Crippen LogP contribution in [-0.2, 0) is 9.84 Å². The Hall–Kier alpha value is -0.780. The SMILES string of the molecule is CCNC(=NCC(C)(C)S(C)(=O)=O)NC1CCCC1. The molecular formula is C13H27N3O2S. The topological polar surface area (TPSA) is 70.6 Å². The van der Waals surface area contributed by atoms with Crippen molar-refractivity contribution in [1.29, 1.82) is 0 Å². The second-order valence-electron chi connectivity index (χ2n) is 5.85. The first-order valence-corrected chi connectivity index (χ1v) is 8.90.